The molecule has 7 heavy (non-hydrogen) atoms. The van der Waals surface area contributed by atoms with Gasteiger partial charge in [0.25, 0.3) is 0 Å². The van der Waals surface area contributed by atoms with Crippen LogP contribution in [-0.4, -0.2) is 11.6 Å². The summed E-state index contributed by atoms with van der Waals surface area (Å²) in [5, 5.41) is 0. The van der Waals surface area contributed by atoms with Gasteiger partial charge in [0, 0.05) is 12.8 Å². The van der Waals surface area contributed by atoms with Crippen LogP contribution in [0.3, 0.4) is 0 Å². The van der Waals surface area contributed by atoms with Crippen molar-refractivity contribution >= 4 is 11.6 Å². The number of rotatable bonds is 0. The predicted molar refractivity (Wildman–Crippen MR) is 23.5 cm³/mol. The Balaban J connectivity index is 2.55. The summed E-state index contributed by atoms with van der Waals surface area (Å²) in [4.78, 5) is 20.4. The first-order chi connectivity index (χ1) is 3.29. The average Bonchev–Trinajstić information content (AvgIpc) is 1.87. The highest BCUT2D eigenvalue weighted by atomic mass is 16.2. The van der Waals surface area contributed by atoms with Gasteiger partial charge in [-0.05, 0) is 0 Å². The molecule has 0 aromatic carbocycles. The molecule has 0 bridgehead atoms. The second kappa shape index (κ2) is 1.45. The van der Waals surface area contributed by atoms with E-state index in [4.69, 9.17) is 0 Å². The van der Waals surface area contributed by atoms with Gasteiger partial charge in [-0.15, -0.1) is 0 Å². The van der Waals surface area contributed by atoms with E-state index in [1.165, 1.54) is 6.42 Å². The summed E-state index contributed by atoms with van der Waals surface area (Å²) >= 11 is 0. The fourth-order valence-corrected chi connectivity index (χ4v) is 0.566. The number of carbonyl (C=O) groups excluding carboxylic acids is 2. The zero-order chi connectivity index (χ0) is 5.28. The number of ketones is 2. The number of carbonyl (C=O) groups is 2. The highest BCUT2D eigenvalue weighted by molar-refractivity contribution is 6.10. The largest absolute Gasteiger partial charge is 0.299 e. The maximum Gasteiger partial charge on any atom is 0.144 e. The van der Waals surface area contributed by atoms with Crippen molar-refractivity contribution in [2.75, 3.05) is 0 Å². The van der Waals surface area contributed by atoms with Crippen LogP contribution in [0.2, 0.25) is 0 Å². The Morgan fingerprint density at radius 3 is 2.29 bits per heavy atom. The number of Topliss-reactive ketones (excluding diaryl/α,β-unsaturated/α-hetero) is 2. The van der Waals surface area contributed by atoms with E-state index in [0.717, 1.165) is 0 Å². The normalized spacial score (nSPS) is 21.1. The van der Waals surface area contributed by atoms with Crippen LogP contribution >= 0.6 is 0 Å². The Morgan fingerprint density at radius 2 is 2.14 bits per heavy atom. The van der Waals surface area contributed by atoms with Crippen molar-refractivity contribution in [3.05, 3.63) is 6.42 Å². The first-order valence-corrected chi connectivity index (χ1v) is 2.17. The Kier molecular flexibility index (Phi) is 0.929. The summed E-state index contributed by atoms with van der Waals surface area (Å²) < 4.78 is 0. The fourth-order valence-electron chi connectivity index (χ4n) is 0.566. The summed E-state index contributed by atoms with van der Waals surface area (Å²) in [6, 6.07) is 0. The monoisotopic (exact) mass is 97.0 g/mol. The third-order valence-corrected chi connectivity index (χ3v) is 0.929. The van der Waals surface area contributed by atoms with Crippen LogP contribution in [0, 0.1) is 6.42 Å². The first kappa shape index (κ1) is 4.50. The lowest BCUT2D eigenvalue weighted by molar-refractivity contribution is -0.121. The van der Waals surface area contributed by atoms with Crippen LogP contribution in [-0.2, 0) is 9.59 Å². The highest BCUT2D eigenvalue weighted by Gasteiger charge is 2.17. The van der Waals surface area contributed by atoms with Crippen molar-refractivity contribution in [1.29, 1.82) is 0 Å². The van der Waals surface area contributed by atoms with Gasteiger partial charge >= 0.3 is 0 Å². The Morgan fingerprint density at radius 1 is 1.43 bits per heavy atom. The lowest BCUT2D eigenvalue weighted by atomic mass is 10.3. The molecule has 2 heteroatoms. The Labute approximate surface area is 41.5 Å². The van der Waals surface area contributed by atoms with E-state index in [0.29, 0.717) is 6.42 Å². The van der Waals surface area contributed by atoms with E-state index in [1.54, 1.807) is 0 Å². The van der Waals surface area contributed by atoms with Crippen LogP contribution in [0.1, 0.15) is 12.8 Å². The van der Waals surface area contributed by atoms with Gasteiger partial charge in [0.15, 0.2) is 0 Å². The molecule has 1 fully saturated rings. The van der Waals surface area contributed by atoms with Crippen molar-refractivity contribution in [2.24, 2.45) is 0 Å². The van der Waals surface area contributed by atoms with Crippen LogP contribution in [0.25, 0.3) is 0 Å². The fraction of sp³-hybridized carbons (Fsp3) is 0.400. The van der Waals surface area contributed by atoms with Gasteiger partial charge in [-0.1, -0.05) is 0 Å². The molecule has 37 valence electrons. The van der Waals surface area contributed by atoms with E-state index in [-0.39, 0.29) is 18.0 Å². The summed E-state index contributed by atoms with van der Waals surface area (Å²) in [6.45, 7) is 0. The molecule has 0 aliphatic heterocycles. The van der Waals surface area contributed by atoms with Gasteiger partial charge in [0.1, 0.15) is 11.6 Å². The molecule has 0 N–H and O–H groups in total. The molecule has 0 aromatic rings. The molecule has 0 atom stereocenters. The maximum atomic E-state index is 10.2. The van der Waals surface area contributed by atoms with E-state index in [9.17, 15) is 9.59 Å². The maximum absolute atomic E-state index is 10.2. The summed E-state index contributed by atoms with van der Waals surface area (Å²) in [7, 11) is 0. The van der Waals surface area contributed by atoms with Gasteiger partial charge in [-0.2, -0.15) is 0 Å². The van der Waals surface area contributed by atoms with Crippen molar-refractivity contribution < 1.29 is 9.59 Å². The minimum atomic E-state index is -0.0231. The Bertz CT molecular complexity index is 101. The Hall–Kier alpha value is -0.660. The molecule has 1 aliphatic carbocycles. The van der Waals surface area contributed by atoms with Crippen molar-refractivity contribution in [3.8, 4) is 0 Å². The van der Waals surface area contributed by atoms with Crippen LogP contribution in [0.5, 0.6) is 0 Å². The zero-order valence-electron chi connectivity index (χ0n) is 3.81. The number of hydrogen-bond donors (Lipinski definition) is 0. The van der Waals surface area contributed by atoms with E-state index < -0.39 is 0 Å². The van der Waals surface area contributed by atoms with Crippen LogP contribution < -0.4 is 0 Å². The van der Waals surface area contributed by atoms with Crippen molar-refractivity contribution in [1.82, 2.24) is 0 Å². The molecule has 0 saturated heterocycles. The highest BCUT2D eigenvalue weighted by Crippen LogP contribution is 2.06. The van der Waals surface area contributed by atoms with Gasteiger partial charge < -0.3 is 0 Å². The average molecular weight is 97.1 g/mol. The quantitative estimate of drug-likeness (QED) is 0.402. The minimum Gasteiger partial charge on any atom is -0.299 e. The first-order valence-electron chi connectivity index (χ1n) is 2.17. The second-order valence-corrected chi connectivity index (χ2v) is 1.59. The van der Waals surface area contributed by atoms with Crippen molar-refractivity contribution in [3.63, 3.8) is 0 Å². The second-order valence-electron chi connectivity index (χ2n) is 1.59. The summed E-state index contributed by atoms with van der Waals surface area (Å²) in [5.41, 5.74) is 0. The molecule has 2 nitrogen and oxygen atoms in total. The summed E-state index contributed by atoms with van der Waals surface area (Å²) in [5.74, 6) is 0.0231. The lowest BCUT2D eigenvalue weighted by Crippen LogP contribution is -1.88. The molecule has 1 radical (unpaired) electrons. The lowest BCUT2D eigenvalue weighted by Gasteiger charge is -1.71. The zero-order valence-corrected chi connectivity index (χ0v) is 3.81. The van der Waals surface area contributed by atoms with Crippen LogP contribution in [0.4, 0.5) is 0 Å². The molecule has 1 saturated carbocycles. The third kappa shape index (κ3) is 0.856. The van der Waals surface area contributed by atoms with Gasteiger partial charge in [-0.3, -0.25) is 9.59 Å². The third-order valence-electron chi connectivity index (χ3n) is 0.929. The smallest absolute Gasteiger partial charge is 0.144 e. The van der Waals surface area contributed by atoms with Gasteiger partial charge in [0.05, 0.1) is 6.42 Å². The number of hydrogen-bond acceptors (Lipinski definition) is 2. The van der Waals surface area contributed by atoms with E-state index in [2.05, 4.69) is 0 Å². The molecule has 1 aliphatic rings. The SMILES string of the molecule is O=C1[CH]CC(=O)C1. The summed E-state index contributed by atoms with van der Waals surface area (Å²) in [6.07, 6.45) is 1.93. The molecule has 0 aromatic heterocycles. The van der Waals surface area contributed by atoms with Crippen LogP contribution in [0.15, 0.2) is 0 Å². The van der Waals surface area contributed by atoms with Gasteiger partial charge in [-0.25, -0.2) is 0 Å². The van der Waals surface area contributed by atoms with Gasteiger partial charge in [0.2, 0.25) is 0 Å². The standard InChI is InChI=1S/C5H5O2/c6-4-1-2-5(7)3-4/h1H,2-3H2. The predicted octanol–water partition coefficient (Wildman–Crippen LogP) is 0.123. The van der Waals surface area contributed by atoms with Crippen molar-refractivity contribution in [2.45, 2.75) is 12.8 Å². The molecule has 1 rings (SSSR count). The molecule has 0 heterocycles. The molecular formula is C5H5O2. The topological polar surface area (TPSA) is 34.1 Å². The molecule has 0 unspecified atom stereocenters. The molecule has 0 spiro atoms. The van der Waals surface area contributed by atoms with E-state index >= 15 is 0 Å². The molecular weight excluding hydrogens is 92.1 g/mol. The minimum absolute atomic E-state index is 0.0231. The molecule has 0 amide bonds. The van der Waals surface area contributed by atoms with E-state index in [1.807, 2.05) is 0 Å².